The van der Waals surface area contributed by atoms with Crippen LogP contribution in [0, 0.1) is 0 Å². The van der Waals surface area contributed by atoms with E-state index < -0.39 is 12.5 Å². The summed E-state index contributed by atoms with van der Waals surface area (Å²) < 4.78 is 16.9. The van der Waals surface area contributed by atoms with Crippen LogP contribution >= 0.6 is 25.3 Å². The molecule has 18 heavy (non-hydrogen) atoms. The summed E-state index contributed by atoms with van der Waals surface area (Å²) in [7, 11) is -2.84. The van der Waals surface area contributed by atoms with Gasteiger partial charge in [0.15, 0.2) is 0 Å². The zero-order valence-electron chi connectivity index (χ0n) is 12.1. The van der Waals surface area contributed by atoms with Crippen LogP contribution in [0.2, 0.25) is 0 Å². The van der Waals surface area contributed by atoms with Crippen molar-refractivity contribution in [3.8, 4) is 0 Å². The van der Waals surface area contributed by atoms with Crippen LogP contribution in [-0.2, 0) is 13.3 Å². The van der Waals surface area contributed by atoms with Gasteiger partial charge in [-0.25, -0.2) is 0 Å². The molecule has 0 aliphatic rings. The molecule has 0 fully saturated rings. The summed E-state index contributed by atoms with van der Waals surface area (Å²) in [6.45, 7) is 9.70. The van der Waals surface area contributed by atoms with Crippen LogP contribution in [0.4, 0.5) is 0 Å². The van der Waals surface area contributed by atoms with Crippen LogP contribution in [0.5, 0.6) is 0 Å². The second-order valence-corrected chi connectivity index (χ2v) is 9.68. The van der Waals surface area contributed by atoms with Crippen molar-refractivity contribution < 1.29 is 13.3 Å². The Bertz CT molecular complexity index is 198. The average Bonchev–Trinajstić information content (AvgIpc) is 2.30. The number of rotatable bonds is 11. The van der Waals surface area contributed by atoms with Gasteiger partial charge in [-0.05, 0) is 27.2 Å². The van der Waals surface area contributed by atoms with Gasteiger partial charge in [-0.3, -0.25) is 0 Å². The Morgan fingerprint density at radius 3 is 1.61 bits per heavy atom. The molecule has 3 nitrogen and oxygen atoms in total. The fourth-order valence-corrected chi connectivity index (χ4v) is 5.86. The first kappa shape index (κ1) is 18.8. The lowest BCUT2D eigenvalue weighted by molar-refractivity contribution is 0.0659. The lowest BCUT2D eigenvalue weighted by Crippen LogP contribution is -2.60. The largest absolute Gasteiger partial charge is 0.527 e. The Kier molecular flexibility index (Phi) is 10.1. The molecule has 0 aliphatic heterocycles. The van der Waals surface area contributed by atoms with Crippen LogP contribution < -0.4 is 0 Å². The molecule has 0 spiro atoms. The molecular formula is C12H28O3S2Si. The molecule has 0 radical (unpaired) electrons. The number of thiol groups is 2. The summed E-state index contributed by atoms with van der Waals surface area (Å²) in [5.41, 5.74) is 0. The normalized spacial score (nSPS) is 13.0. The highest BCUT2D eigenvalue weighted by molar-refractivity contribution is 8.03. The molecule has 0 amide bonds. The first-order valence-electron chi connectivity index (χ1n) is 6.86. The van der Waals surface area contributed by atoms with Crippen molar-refractivity contribution in [2.24, 2.45) is 0 Å². The highest BCUT2D eigenvalue weighted by Gasteiger charge is 2.57. The maximum atomic E-state index is 5.85. The highest BCUT2D eigenvalue weighted by Crippen LogP contribution is 2.38. The van der Waals surface area contributed by atoms with E-state index in [1.54, 1.807) is 0 Å². The minimum Gasteiger partial charge on any atom is -0.372 e. The summed E-state index contributed by atoms with van der Waals surface area (Å²) in [5, 5.41) is 0. The molecule has 110 valence electrons. The molecule has 0 heterocycles. The Labute approximate surface area is 124 Å². The van der Waals surface area contributed by atoms with E-state index in [0.717, 1.165) is 19.3 Å². The first-order valence-corrected chi connectivity index (χ1v) is 9.48. The molecule has 0 saturated heterocycles. The molecule has 0 atom stereocenters. The van der Waals surface area contributed by atoms with Crippen LogP contribution in [0.25, 0.3) is 0 Å². The number of hydrogen-bond acceptors (Lipinski definition) is 5. The highest BCUT2D eigenvalue weighted by atomic mass is 32.2. The van der Waals surface area contributed by atoms with Gasteiger partial charge in [-0.1, -0.05) is 26.2 Å². The number of unbranched alkanes of at least 4 members (excludes halogenated alkanes) is 2. The summed E-state index contributed by atoms with van der Waals surface area (Å²) in [4.78, 5) is 0. The van der Waals surface area contributed by atoms with E-state index in [2.05, 4.69) is 6.92 Å². The van der Waals surface area contributed by atoms with Crippen molar-refractivity contribution in [1.82, 2.24) is 0 Å². The van der Waals surface area contributed by atoms with E-state index >= 15 is 0 Å². The predicted molar refractivity (Wildman–Crippen MR) is 85.5 cm³/mol. The average molecular weight is 313 g/mol. The summed E-state index contributed by atoms with van der Waals surface area (Å²) in [6.07, 6.45) is 4.23. The minimum absolute atomic E-state index is 0.558. The maximum Gasteiger partial charge on any atom is 0.527 e. The zero-order valence-corrected chi connectivity index (χ0v) is 14.9. The van der Waals surface area contributed by atoms with Gasteiger partial charge < -0.3 is 13.3 Å². The van der Waals surface area contributed by atoms with Gasteiger partial charge in [0.05, 0.1) is 0 Å². The van der Waals surface area contributed by atoms with Gasteiger partial charge in [0, 0.05) is 19.8 Å². The smallest absolute Gasteiger partial charge is 0.372 e. The van der Waals surface area contributed by atoms with E-state index in [1.165, 1.54) is 6.42 Å². The minimum atomic E-state index is -2.84. The van der Waals surface area contributed by atoms with Crippen LogP contribution in [0.3, 0.4) is 0 Å². The summed E-state index contributed by atoms with van der Waals surface area (Å²) >= 11 is 9.39. The van der Waals surface area contributed by atoms with Crippen LogP contribution in [0.15, 0.2) is 0 Å². The lowest BCUT2D eigenvalue weighted by atomic mass is 10.2. The SMILES string of the molecule is CCCCCC(S)(S)[Si](OCC)(OCC)OCC. The topological polar surface area (TPSA) is 27.7 Å². The third kappa shape index (κ3) is 5.42. The Morgan fingerprint density at radius 1 is 0.833 bits per heavy atom. The van der Waals surface area contributed by atoms with Gasteiger partial charge >= 0.3 is 8.80 Å². The van der Waals surface area contributed by atoms with Crippen molar-refractivity contribution in [3.63, 3.8) is 0 Å². The van der Waals surface area contributed by atoms with Gasteiger partial charge in [0.2, 0.25) is 0 Å². The fourth-order valence-electron chi connectivity index (χ4n) is 1.82. The van der Waals surface area contributed by atoms with E-state index in [0.29, 0.717) is 19.8 Å². The Balaban J connectivity index is 4.85. The molecule has 0 aromatic rings. The van der Waals surface area contributed by atoms with Gasteiger partial charge in [0.1, 0.15) is 3.70 Å². The molecule has 0 rings (SSSR count). The fraction of sp³-hybridized carbons (Fsp3) is 1.00. The van der Waals surface area contributed by atoms with Gasteiger partial charge in [0.25, 0.3) is 0 Å². The molecule has 0 saturated carbocycles. The van der Waals surface area contributed by atoms with E-state index in [4.69, 9.17) is 38.5 Å². The third-order valence-electron chi connectivity index (χ3n) is 2.62. The lowest BCUT2D eigenvalue weighted by Gasteiger charge is -2.39. The quantitative estimate of drug-likeness (QED) is 0.264. The van der Waals surface area contributed by atoms with Crippen LogP contribution in [0.1, 0.15) is 53.4 Å². The summed E-state index contributed by atoms with van der Waals surface area (Å²) in [6, 6.07) is 0. The Morgan fingerprint density at radius 2 is 1.28 bits per heavy atom. The van der Waals surface area contributed by atoms with E-state index in [9.17, 15) is 0 Å². The zero-order chi connectivity index (χ0) is 14.1. The molecule has 0 unspecified atom stereocenters. The summed E-state index contributed by atoms with van der Waals surface area (Å²) in [5.74, 6) is 0. The molecule has 0 aromatic carbocycles. The van der Waals surface area contributed by atoms with Crippen molar-refractivity contribution in [1.29, 1.82) is 0 Å². The van der Waals surface area contributed by atoms with Crippen LogP contribution in [-0.4, -0.2) is 32.3 Å². The van der Waals surface area contributed by atoms with Crippen molar-refractivity contribution in [2.75, 3.05) is 19.8 Å². The molecule has 6 heteroatoms. The van der Waals surface area contributed by atoms with Gasteiger partial charge in [-0.15, -0.1) is 0 Å². The van der Waals surface area contributed by atoms with E-state index in [-0.39, 0.29) is 0 Å². The first-order chi connectivity index (χ1) is 8.49. The monoisotopic (exact) mass is 312 g/mol. The predicted octanol–water partition coefficient (Wildman–Crippen LogP) is 3.71. The van der Waals surface area contributed by atoms with Crippen molar-refractivity contribution in [2.45, 2.75) is 57.1 Å². The molecular weight excluding hydrogens is 284 g/mol. The molecule has 0 N–H and O–H groups in total. The standard InChI is InChI=1S/C12H28O3S2Si/c1-5-9-10-11-12(16,17)18(13-6-2,14-7-3)15-8-4/h16-17H,5-11H2,1-4H3. The maximum absolute atomic E-state index is 5.85. The van der Waals surface area contributed by atoms with Crippen molar-refractivity contribution >= 4 is 34.1 Å². The van der Waals surface area contributed by atoms with Gasteiger partial charge in [-0.2, -0.15) is 25.3 Å². The van der Waals surface area contributed by atoms with E-state index in [1.807, 2.05) is 20.8 Å². The third-order valence-corrected chi connectivity index (χ3v) is 7.95. The van der Waals surface area contributed by atoms with Crippen molar-refractivity contribution in [3.05, 3.63) is 0 Å². The number of hydrogen-bond donors (Lipinski definition) is 2. The molecule has 0 aromatic heterocycles. The molecule has 0 aliphatic carbocycles. The second kappa shape index (κ2) is 9.66. The second-order valence-electron chi connectivity index (χ2n) is 4.13. The molecule has 0 bridgehead atoms. The Hall–Kier alpha value is 0.797.